The summed E-state index contributed by atoms with van der Waals surface area (Å²) in [4.78, 5) is 14.9. The Morgan fingerprint density at radius 3 is 2.08 bits per heavy atom. The molecule has 24 heavy (non-hydrogen) atoms. The topological polar surface area (TPSA) is 38.8 Å². The van der Waals surface area contributed by atoms with Gasteiger partial charge in [-0.25, -0.2) is 0 Å². The second-order valence-corrected chi connectivity index (χ2v) is 8.00. The first-order valence-corrected chi connectivity index (χ1v) is 8.60. The average molecular weight is 329 g/mol. The Hall–Kier alpha value is -1.65. The van der Waals surface area contributed by atoms with Crippen LogP contribution >= 0.6 is 0 Å². The summed E-state index contributed by atoms with van der Waals surface area (Å²) in [6.07, 6.45) is 4.93. The highest BCUT2D eigenvalue weighted by molar-refractivity contribution is 5.93. The van der Waals surface area contributed by atoms with Gasteiger partial charge in [-0.05, 0) is 39.3 Å². The Bertz CT molecular complexity index is 608. The van der Waals surface area contributed by atoms with Gasteiger partial charge in [0.2, 0.25) is 5.91 Å². The zero-order chi connectivity index (χ0) is 17.4. The number of ether oxygens (including phenoxy) is 2. The van der Waals surface area contributed by atoms with Crippen molar-refractivity contribution in [3.05, 3.63) is 42.0 Å². The molecule has 2 aliphatic rings. The van der Waals surface area contributed by atoms with Crippen molar-refractivity contribution in [1.82, 2.24) is 4.90 Å². The SMILES string of the molecule is CC1(C)CC2(CC(C)(C)N1C(=O)/C=C/c1ccccc1)OCCO2. The number of hydrogen-bond acceptors (Lipinski definition) is 3. The molecule has 1 amide bonds. The Kier molecular flexibility index (Phi) is 4.30. The Morgan fingerprint density at radius 1 is 1.00 bits per heavy atom. The molecule has 1 aromatic rings. The number of hydrogen-bond donors (Lipinski definition) is 0. The largest absolute Gasteiger partial charge is 0.347 e. The highest BCUT2D eigenvalue weighted by Gasteiger charge is 2.56. The van der Waals surface area contributed by atoms with E-state index < -0.39 is 5.79 Å². The lowest BCUT2D eigenvalue weighted by Crippen LogP contribution is -2.67. The van der Waals surface area contributed by atoms with Gasteiger partial charge in [-0.15, -0.1) is 0 Å². The molecule has 2 aliphatic heterocycles. The molecule has 0 aromatic heterocycles. The molecule has 1 aromatic carbocycles. The van der Waals surface area contributed by atoms with Gasteiger partial charge in [0.15, 0.2) is 5.79 Å². The van der Waals surface area contributed by atoms with Crippen LogP contribution in [0.3, 0.4) is 0 Å². The highest BCUT2D eigenvalue weighted by atomic mass is 16.7. The molecular weight excluding hydrogens is 302 g/mol. The molecule has 0 N–H and O–H groups in total. The van der Waals surface area contributed by atoms with Gasteiger partial charge in [-0.1, -0.05) is 30.3 Å². The van der Waals surface area contributed by atoms with E-state index in [0.29, 0.717) is 26.1 Å². The van der Waals surface area contributed by atoms with Gasteiger partial charge >= 0.3 is 0 Å². The molecule has 3 rings (SSSR count). The van der Waals surface area contributed by atoms with Gasteiger partial charge in [0.05, 0.1) is 13.2 Å². The van der Waals surface area contributed by atoms with Crippen molar-refractivity contribution in [3.8, 4) is 0 Å². The summed E-state index contributed by atoms with van der Waals surface area (Å²) in [7, 11) is 0. The second-order valence-electron chi connectivity index (χ2n) is 8.00. The van der Waals surface area contributed by atoms with Crippen LogP contribution in [0.15, 0.2) is 36.4 Å². The van der Waals surface area contributed by atoms with E-state index in [9.17, 15) is 4.79 Å². The van der Waals surface area contributed by atoms with Crippen molar-refractivity contribution < 1.29 is 14.3 Å². The van der Waals surface area contributed by atoms with E-state index in [1.165, 1.54) is 0 Å². The Morgan fingerprint density at radius 2 is 1.54 bits per heavy atom. The molecule has 4 nitrogen and oxygen atoms in total. The molecule has 0 saturated carbocycles. The molecule has 130 valence electrons. The zero-order valence-corrected chi connectivity index (χ0v) is 15.0. The number of benzene rings is 1. The number of carbonyl (C=O) groups is 1. The van der Waals surface area contributed by atoms with Crippen LogP contribution in [-0.2, 0) is 14.3 Å². The number of likely N-dealkylation sites (tertiary alicyclic amines) is 1. The van der Waals surface area contributed by atoms with Crippen molar-refractivity contribution in [2.45, 2.75) is 57.4 Å². The lowest BCUT2D eigenvalue weighted by molar-refractivity contribution is -0.235. The van der Waals surface area contributed by atoms with Gasteiger partial charge in [0.25, 0.3) is 0 Å². The predicted molar refractivity (Wildman–Crippen MR) is 94.3 cm³/mol. The minimum atomic E-state index is -0.549. The van der Waals surface area contributed by atoms with Crippen LogP contribution in [0, 0.1) is 0 Å². The monoisotopic (exact) mass is 329 g/mol. The fourth-order valence-corrected chi connectivity index (χ4v) is 4.46. The third-order valence-corrected chi connectivity index (χ3v) is 4.87. The van der Waals surface area contributed by atoms with Crippen molar-refractivity contribution in [1.29, 1.82) is 0 Å². The van der Waals surface area contributed by atoms with Crippen molar-refractivity contribution in [2.75, 3.05) is 13.2 Å². The normalized spacial score (nSPS) is 24.6. The highest BCUT2D eigenvalue weighted by Crippen LogP contribution is 2.47. The first-order chi connectivity index (χ1) is 11.2. The fourth-order valence-electron chi connectivity index (χ4n) is 4.46. The van der Waals surface area contributed by atoms with Gasteiger partial charge in [-0.2, -0.15) is 0 Å². The first kappa shape index (κ1) is 17.2. The summed E-state index contributed by atoms with van der Waals surface area (Å²) >= 11 is 0. The number of carbonyl (C=O) groups excluding carboxylic acids is 1. The molecule has 2 fully saturated rings. The number of nitrogens with zero attached hydrogens (tertiary/aromatic N) is 1. The molecule has 0 atom stereocenters. The van der Waals surface area contributed by atoms with E-state index in [1.54, 1.807) is 6.08 Å². The first-order valence-electron chi connectivity index (χ1n) is 8.60. The minimum absolute atomic E-state index is 0.0294. The van der Waals surface area contributed by atoms with Gasteiger partial charge < -0.3 is 14.4 Å². The van der Waals surface area contributed by atoms with E-state index in [0.717, 1.165) is 5.56 Å². The van der Waals surface area contributed by atoms with Crippen LogP contribution in [0.1, 0.15) is 46.1 Å². The van der Waals surface area contributed by atoms with Crippen LogP contribution in [-0.4, -0.2) is 40.9 Å². The molecule has 0 unspecified atom stereocenters. The van der Waals surface area contributed by atoms with Crippen LogP contribution in [0.5, 0.6) is 0 Å². The summed E-state index contributed by atoms with van der Waals surface area (Å²) < 4.78 is 11.9. The van der Waals surface area contributed by atoms with Gasteiger partial charge in [0.1, 0.15) is 0 Å². The summed E-state index contributed by atoms with van der Waals surface area (Å²) in [6, 6.07) is 9.89. The van der Waals surface area contributed by atoms with E-state index in [4.69, 9.17) is 9.47 Å². The zero-order valence-electron chi connectivity index (χ0n) is 15.0. The van der Waals surface area contributed by atoms with Crippen molar-refractivity contribution >= 4 is 12.0 Å². The van der Waals surface area contributed by atoms with E-state index in [2.05, 4.69) is 27.7 Å². The predicted octanol–water partition coefficient (Wildman–Crippen LogP) is 3.62. The second kappa shape index (κ2) is 6.01. The number of piperidine rings is 1. The summed E-state index contributed by atoms with van der Waals surface area (Å²) in [5.41, 5.74) is 0.339. The quantitative estimate of drug-likeness (QED) is 0.778. The molecule has 0 radical (unpaired) electrons. The molecule has 4 heteroatoms. The van der Waals surface area contributed by atoms with Crippen molar-refractivity contribution in [2.24, 2.45) is 0 Å². The van der Waals surface area contributed by atoms with Crippen LogP contribution < -0.4 is 0 Å². The molecule has 0 aliphatic carbocycles. The molecule has 0 bridgehead atoms. The minimum Gasteiger partial charge on any atom is -0.347 e. The van der Waals surface area contributed by atoms with E-state index >= 15 is 0 Å². The molecule has 2 saturated heterocycles. The molecule has 2 heterocycles. The third kappa shape index (κ3) is 3.26. The maximum atomic E-state index is 13.0. The van der Waals surface area contributed by atoms with Crippen LogP contribution in [0.4, 0.5) is 0 Å². The lowest BCUT2D eigenvalue weighted by atomic mass is 9.76. The summed E-state index contributed by atoms with van der Waals surface area (Å²) in [5.74, 6) is -0.519. The average Bonchev–Trinajstić information content (AvgIpc) is 2.90. The van der Waals surface area contributed by atoms with Crippen LogP contribution in [0.2, 0.25) is 0 Å². The molecular formula is C20H27NO3. The molecule has 1 spiro atoms. The maximum absolute atomic E-state index is 13.0. The third-order valence-electron chi connectivity index (χ3n) is 4.87. The smallest absolute Gasteiger partial charge is 0.247 e. The Labute approximate surface area is 144 Å². The number of rotatable bonds is 2. The standard InChI is InChI=1S/C20H27NO3/c1-18(2)14-20(23-12-13-24-20)15-19(3,4)21(18)17(22)11-10-16-8-6-5-7-9-16/h5-11H,12-15H2,1-4H3/b11-10+. The maximum Gasteiger partial charge on any atom is 0.247 e. The van der Waals surface area contributed by atoms with Crippen LogP contribution in [0.25, 0.3) is 6.08 Å². The lowest BCUT2D eigenvalue weighted by Gasteiger charge is -2.57. The van der Waals surface area contributed by atoms with E-state index in [-0.39, 0.29) is 17.0 Å². The van der Waals surface area contributed by atoms with Gasteiger partial charge in [-0.3, -0.25) is 4.79 Å². The number of amides is 1. The summed E-state index contributed by atoms with van der Waals surface area (Å²) in [6.45, 7) is 9.63. The van der Waals surface area contributed by atoms with Gasteiger partial charge in [0, 0.05) is 30.0 Å². The van der Waals surface area contributed by atoms with E-state index in [1.807, 2.05) is 41.3 Å². The summed E-state index contributed by atoms with van der Waals surface area (Å²) in [5, 5.41) is 0. The fraction of sp³-hybridized carbons (Fsp3) is 0.550. The Balaban J connectivity index is 1.83. The van der Waals surface area contributed by atoms with Crippen molar-refractivity contribution in [3.63, 3.8) is 0 Å².